The summed E-state index contributed by atoms with van der Waals surface area (Å²) in [6.07, 6.45) is 7.79. The number of halogens is 1. The van der Waals surface area contributed by atoms with E-state index in [4.69, 9.17) is 11.6 Å². The molecule has 1 N–H and O–H groups in total. The minimum absolute atomic E-state index is 0.577. The monoisotopic (exact) mass is 307 g/mol. The second kappa shape index (κ2) is 8.19. The molecule has 1 nitrogen and oxygen atoms in total. The van der Waals surface area contributed by atoms with E-state index in [-0.39, 0.29) is 0 Å². The van der Waals surface area contributed by atoms with Crippen molar-refractivity contribution in [2.24, 2.45) is 11.8 Å². The number of rotatable bonds is 6. The van der Waals surface area contributed by atoms with Crippen LogP contribution in [0.4, 0.5) is 0 Å². The van der Waals surface area contributed by atoms with Gasteiger partial charge in [0.2, 0.25) is 0 Å². The third-order valence-corrected chi connectivity index (χ3v) is 5.20. The van der Waals surface area contributed by atoms with Crippen molar-refractivity contribution in [1.82, 2.24) is 5.32 Å². The molecule has 3 unspecified atom stereocenters. The molecule has 0 radical (unpaired) electrons. The molecule has 1 aliphatic carbocycles. The van der Waals surface area contributed by atoms with Crippen LogP contribution < -0.4 is 5.32 Å². The Morgan fingerprint density at radius 2 is 2.14 bits per heavy atom. The second-order valence-corrected chi connectivity index (χ2v) is 7.30. The molecule has 21 heavy (non-hydrogen) atoms. The predicted molar refractivity (Wildman–Crippen MR) is 93.1 cm³/mol. The molecule has 0 aromatic heterocycles. The Hall–Kier alpha value is -0.530. The summed E-state index contributed by atoms with van der Waals surface area (Å²) in [6.45, 7) is 7.86. The Balaban J connectivity index is 2.07. The van der Waals surface area contributed by atoms with E-state index in [1.807, 2.05) is 0 Å². The maximum absolute atomic E-state index is 6.45. The van der Waals surface area contributed by atoms with E-state index in [9.17, 15) is 0 Å². The molecule has 1 aromatic rings. The summed E-state index contributed by atoms with van der Waals surface area (Å²) in [4.78, 5) is 0. The summed E-state index contributed by atoms with van der Waals surface area (Å²) in [7, 11) is 0. The first-order chi connectivity index (χ1) is 10.1. The van der Waals surface area contributed by atoms with E-state index in [1.165, 1.54) is 43.2 Å². The maximum atomic E-state index is 6.45. The van der Waals surface area contributed by atoms with Gasteiger partial charge >= 0.3 is 0 Å². The van der Waals surface area contributed by atoms with E-state index >= 15 is 0 Å². The fraction of sp³-hybridized carbons (Fsp3) is 0.684. The lowest BCUT2D eigenvalue weighted by molar-refractivity contribution is 0.221. The lowest BCUT2D eigenvalue weighted by Crippen LogP contribution is -2.40. The van der Waals surface area contributed by atoms with Gasteiger partial charge < -0.3 is 5.32 Å². The minimum atomic E-state index is 0.577. The molecule has 0 amide bonds. The van der Waals surface area contributed by atoms with Gasteiger partial charge in [0.15, 0.2) is 0 Å². The lowest BCUT2D eigenvalue weighted by Gasteiger charge is -2.34. The van der Waals surface area contributed by atoms with E-state index in [2.05, 4.69) is 44.3 Å². The number of hydrogen-bond acceptors (Lipinski definition) is 1. The Morgan fingerprint density at radius 3 is 2.81 bits per heavy atom. The lowest BCUT2D eigenvalue weighted by atomic mass is 9.77. The van der Waals surface area contributed by atoms with Gasteiger partial charge in [-0.05, 0) is 68.2 Å². The van der Waals surface area contributed by atoms with E-state index in [0.717, 1.165) is 29.8 Å². The van der Waals surface area contributed by atoms with Crippen LogP contribution in [0.2, 0.25) is 5.02 Å². The first-order valence-electron chi connectivity index (χ1n) is 8.58. The summed E-state index contributed by atoms with van der Waals surface area (Å²) in [5.41, 5.74) is 2.54. The Kier molecular flexibility index (Phi) is 6.57. The molecule has 1 aromatic carbocycles. The number of hydrogen-bond donors (Lipinski definition) is 1. The number of benzene rings is 1. The average Bonchev–Trinajstić information content (AvgIpc) is 2.45. The van der Waals surface area contributed by atoms with Gasteiger partial charge in [-0.25, -0.2) is 0 Å². The highest BCUT2D eigenvalue weighted by atomic mass is 35.5. The third-order valence-electron chi connectivity index (χ3n) is 4.85. The molecular formula is C19H30ClN. The fourth-order valence-corrected chi connectivity index (χ4v) is 3.95. The molecule has 2 heteroatoms. The van der Waals surface area contributed by atoms with Gasteiger partial charge in [0.1, 0.15) is 0 Å². The van der Waals surface area contributed by atoms with Crippen molar-refractivity contribution in [3.8, 4) is 0 Å². The van der Waals surface area contributed by atoms with Crippen molar-refractivity contribution in [2.45, 2.75) is 65.3 Å². The molecule has 1 aliphatic rings. The maximum Gasteiger partial charge on any atom is 0.0441 e. The Morgan fingerprint density at radius 1 is 1.33 bits per heavy atom. The standard InChI is InChI=1S/C19H30ClN/c1-4-10-21-19(17-7-5-6-14(2)11-17)13-16-9-8-15(3)12-18(16)20/h8-9,12,14,17,19,21H,4-7,10-11,13H2,1-3H3. The van der Waals surface area contributed by atoms with E-state index < -0.39 is 0 Å². The summed E-state index contributed by atoms with van der Waals surface area (Å²) < 4.78 is 0. The van der Waals surface area contributed by atoms with Crippen LogP contribution in [0.25, 0.3) is 0 Å². The molecule has 0 spiro atoms. The number of nitrogens with one attached hydrogen (secondary N) is 1. The van der Waals surface area contributed by atoms with Crippen LogP contribution in [-0.4, -0.2) is 12.6 Å². The van der Waals surface area contributed by atoms with Crippen molar-refractivity contribution in [3.05, 3.63) is 34.3 Å². The van der Waals surface area contributed by atoms with Crippen LogP contribution in [0.1, 0.15) is 57.1 Å². The average molecular weight is 308 g/mol. The van der Waals surface area contributed by atoms with E-state index in [0.29, 0.717) is 6.04 Å². The number of aryl methyl sites for hydroxylation is 1. The highest BCUT2D eigenvalue weighted by Gasteiger charge is 2.26. The zero-order chi connectivity index (χ0) is 15.2. The van der Waals surface area contributed by atoms with Gasteiger partial charge in [0.05, 0.1) is 0 Å². The molecule has 0 saturated heterocycles. The molecule has 2 rings (SSSR count). The van der Waals surface area contributed by atoms with Gasteiger partial charge in [0, 0.05) is 11.1 Å². The fourth-order valence-electron chi connectivity index (χ4n) is 3.64. The van der Waals surface area contributed by atoms with Crippen LogP contribution in [0.15, 0.2) is 18.2 Å². The second-order valence-electron chi connectivity index (χ2n) is 6.89. The Labute approximate surface area is 135 Å². The predicted octanol–water partition coefficient (Wildman–Crippen LogP) is 5.39. The van der Waals surface area contributed by atoms with Crippen LogP contribution in [-0.2, 0) is 6.42 Å². The van der Waals surface area contributed by atoms with Crippen LogP contribution in [0.3, 0.4) is 0 Å². The molecule has 3 atom stereocenters. The SMILES string of the molecule is CCCNC(Cc1ccc(C)cc1Cl)C1CCCC(C)C1. The van der Waals surface area contributed by atoms with E-state index in [1.54, 1.807) is 0 Å². The zero-order valence-corrected chi connectivity index (χ0v) is 14.5. The van der Waals surface area contributed by atoms with Crippen LogP contribution >= 0.6 is 11.6 Å². The largest absolute Gasteiger partial charge is 0.313 e. The van der Waals surface area contributed by atoms with Gasteiger partial charge in [-0.1, -0.05) is 50.4 Å². The molecule has 1 fully saturated rings. The summed E-state index contributed by atoms with van der Waals surface area (Å²) in [6, 6.07) is 7.07. The minimum Gasteiger partial charge on any atom is -0.313 e. The molecule has 1 saturated carbocycles. The Bertz CT molecular complexity index is 443. The molecule has 0 aliphatic heterocycles. The molecule has 118 valence electrons. The van der Waals surface area contributed by atoms with Crippen LogP contribution in [0.5, 0.6) is 0 Å². The van der Waals surface area contributed by atoms with Gasteiger partial charge in [0.25, 0.3) is 0 Å². The van der Waals surface area contributed by atoms with Crippen LogP contribution in [0, 0.1) is 18.8 Å². The van der Waals surface area contributed by atoms with Crippen molar-refractivity contribution in [1.29, 1.82) is 0 Å². The highest BCUT2D eigenvalue weighted by Crippen LogP contribution is 2.32. The van der Waals surface area contributed by atoms with Gasteiger partial charge in [-0.15, -0.1) is 0 Å². The van der Waals surface area contributed by atoms with Crippen molar-refractivity contribution in [3.63, 3.8) is 0 Å². The molecule has 0 heterocycles. The molecular weight excluding hydrogens is 278 g/mol. The molecule has 0 bridgehead atoms. The zero-order valence-electron chi connectivity index (χ0n) is 13.8. The van der Waals surface area contributed by atoms with Crippen molar-refractivity contribution < 1.29 is 0 Å². The van der Waals surface area contributed by atoms with Crippen molar-refractivity contribution >= 4 is 11.6 Å². The van der Waals surface area contributed by atoms with Crippen molar-refractivity contribution in [2.75, 3.05) is 6.54 Å². The quantitative estimate of drug-likeness (QED) is 0.743. The summed E-state index contributed by atoms with van der Waals surface area (Å²) in [5.74, 6) is 1.68. The third kappa shape index (κ3) is 5.00. The first-order valence-corrected chi connectivity index (χ1v) is 8.96. The smallest absolute Gasteiger partial charge is 0.0441 e. The normalized spacial score (nSPS) is 24.0. The van der Waals surface area contributed by atoms with Gasteiger partial charge in [-0.3, -0.25) is 0 Å². The topological polar surface area (TPSA) is 12.0 Å². The first kappa shape index (κ1) is 16.8. The van der Waals surface area contributed by atoms with Gasteiger partial charge in [-0.2, -0.15) is 0 Å². The highest BCUT2D eigenvalue weighted by molar-refractivity contribution is 6.31. The summed E-state index contributed by atoms with van der Waals surface area (Å²) in [5, 5.41) is 4.72. The summed E-state index contributed by atoms with van der Waals surface area (Å²) >= 11 is 6.45.